The Hall–Kier alpha value is -0.935. The smallest absolute Gasteiger partial charge is 0.309 e. The van der Waals surface area contributed by atoms with Crippen molar-refractivity contribution in [3.63, 3.8) is 0 Å². The number of carbonyl (C=O) groups excluding carboxylic acids is 1. The normalized spacial score (nSPS) is 37.6. The number of carbonyl (C=O) groups is 1. The van der Waals surface area contributed by atoms with Crippen LogP contribution < -0.4 is 0 Å². The predicted molar refractivity (Wildman–Crippen MR) is 87.0 cm³/mol. The second-order valence-electron chi connectivity index (χ2n) is 6.13. The van der Waals surface area contributed by atoms with E-state index >= 15 is 0 Å². The molecule has 3 rings (SSSR count). The van der Waals surface area contributed by atoms with Gasteiger partial charge >= 0.3 is 5.97 Å². The number of hydrogen-bond donors (Lipinski definition) is 0. The van der Waals surface area contributed by atoms with Crippen molar-refractivity contribution in [3.8, 4) is 0 Å². The van der Waals surface area contributed by atoms with Crippen molar-refractivity contribution in [3.05, 3.63) is 35.9 Å². The van der Waals surface area contributed by atoms with Crippen molar-refractivity contribution in [1.29, 1.82) is 0 Å². The van der Waals surface area contributed by atoms with Gasteiger partial charge in [-0.15, -0.1) is 0 Å². The van der Waals surface area contributed by atoms with Crippen LogP contribution in [-0.4, -0.2) is 35.9 Å². The van der Waals surface area contributed by atoms with Crippen molar-refractivity contribution in [2.24, 2.45) is 5.92 Å². The van der Waals surface area contributed by atoms with Gasteiger partial charge in [0.25, 0.3) is 0 Å². The maximum absolute atomic E-state index is 12.2. The molecule has 2 aliphatic heterocycles. The molecule has 1 unspecified atom stereocenters. The highest BCUT2D eigenvalue weighted by molar-refractivity contribution is 8.01. The molecule has 0 aromatic heterocycles. The average Bonchev–Trinajstić information content (AvgIpc) is 2.84. The van der Waals surface area contributed by atoms with Gasteiger partial charge < -0.3 is 9.47 Å². The Bertz CT molecular complexity index is 524. The fourth-order valence-corrected chi connectivity index (χ4v) is 5.41. The Balaban J connectivity index is 1.62. The Kier molecular flexibility index (Phi) is 4.06. The molecule has 0 N–H and O–H groups in total. The van der Waals surface area contributed by atoms with E-state index in [2.05, 4.69) is 21.7 Å². The van der Waals surface area contributed by atoms with E-state index in [-0.39, 0.29) is 17.6 Å². The van der Waals surface area contributed by atoms with E-state index < -0.39 is 0 Å². The van der Waals surface area contributed by atoms with E-state index in [4.69, 9.17) is 9.47 Å². The molecule has 2 saturated heterocycles. The lowest BCUT2D eigenvalue weighted by atomic mass is 9.82. The van der Waals surface area contributed by atoms with Gasteiger partial charge in [-0.2, -0.15) is 11.8 Å². The summed E-state index contributed by atoms with van der Waals surface area (Å²) in [5, 5.41) is 0.847. The molecule has 2 fully saturated rings. The van der Waals surface area contributed by atoms with Gasteiger partial charge in [-0.1, -0.05) is 44.2 Å². The minimum Gasteiger partial charge on any atom is -0.461 e. The number of thioether (sulfide) groups is 1. The fraction of sp³-hybridized carbons (Fsp3) is 0.562. The maximum Gasteiger partial charge on any atom is 0.309 e. The van der Waals surface area contributed by atoms with Crippen LogP contribution in [0.1, 0.15) is 25.8 Å². The topological polar surface area (TPSA) is 35.5 Å². The number of rotatable bonds is 4. The molecule has 5 heteroatoms. The summed E-state index contributed by atoms with van der Waals surface area (Å²) >= 11 is 1.95. The van der Waals surface area contributed by atoms with Gasteiger partial charge in [0.15, 0.2) is 0 Å². The zero-order chi connectivity index (χ0) is 15.0. The van der Waals surface area contributed by atoms with E-state index in [1.54, 1.807) is 0 Å². The average molecular weight is 304 g/mol. The monoisotopic (exact) mass is 304 g/mol. The first kappa shape index (κ1) is 15.0. The Labute approximate surface area is 131 Å². The van der Waals surface area contributed by atoms with Crippen molar-refractivity contribution in [2.45, 2.75) is 49.0 Å². The lowest BCUT2D eigenvalue weighted by Crippen LogP contribution is -2.44. The van der Waals surface area contributed by atoms with Crippen molar-refractivity contribution >= 4 is 25.6 Å². The lowest BCUT2D eigenvalue weighted by Gasteiger charge is -2.35. The summed E-state index contributed by atoms with van der Waals surface area (Å²) in [7, 11) is 2.11. The minimum absolute atomic E-state index is 0.159. The minimum atomic E-state index is -0.345. The number of hydrogen-bond acceptors (Lipinski definition) is 4. The predicted octanol–water partition coefficient (Wildman–Crippen LogP) is 1.99. The second kappa shape index (κ2) is 5.69. The molecule has 2 aliphatic rings. The Morgan fingerprint density at radius 2 is 2.10 bits per heavy atom. The Morgan fingerprint density at radius 1 is 1.38 bits per heavy atom. The molecular formula is C16H21BO3S. The molecule has 3 nitrogen and oxygen atoms in total. The molecule has 0 amide bonds. The summed E-state index contributed by atoms with van der Waals surface area (Å²) in [6, 6.07) is 10.0. The first-order valence-electron chi connectivity index (χ1n) is 7.56. The van der Waals surface area contributed by atoms with E-state index in [1.165, 1.54) is 0 Å². The highest BCUT2D eigenvalue weighted by Crippen LogP contribution is 2.56. The maximum atomic E-state index is 12.2. The highest BCUT2D eigenvalue weighted by Gasteiger charge is 2.61. The molecule has 21 heavy (non-hydrogen) atoms. The van der Waals surface area contributed by atoms with Gasteiger partial charge in [-0.05, 0) is 5.56 Å². The van der Waals surface area contributed by atoms with E-state index in [0.29, 0.717) is 29.4 Å². The van der Waals surface area contributed by atoms with Gasteiger partial charge in [0.1, 0.15) is 14.5 Å². The molecule has 0 saturated carbocycles. The standard InChI is InChI=1S/C16H21BO3S/c1-10-14-15(17)20-16(10,11(2)21-14)8-13(18)19-9-12-6-4-3-5-7-12/h3-7,10-11,14-15H,8-9,17H2,1-2H3/t10?,11-,14+,15-,16-/m1/s1. The van der Waals surface area contributed by atoms with Crippen LogP contribution in [-0.2, 0) is 20.9 Å². The molecule has 1 aromatic rings. The molecule has 112 valence electrons. The van der Waals surface area contributed by atoms with Crippen molar-refractivity contribution < 1.29 is 14.3 Å². The molecule has 2 bridgehead atoms. The number of esters is 1. The van der Waals surface area contributed by atoms with Crippen LogP contribution in [0.25, 0.3) is 0 Å². The Morgan fingerprint density at radius 3 is 2.71 bits per heavy atom. The lowest BCUT2D eigenvalue weighted by molar-refractivity contribution is -0.153. The summed E-state index contributed by atoms with van der Waals surface area (Å²) in [5.41, 5.74) is 0.673. The first-order valence-corrected chi connectivity index (χ1v) is 8.50. The van der Waals surface area contributed by atoms with Gasteiger partial charge in [0.05, 0.1) is 12.0 Å². The van der Waals surface area contributed by atoms with Crippen LogP contribution in [0.5, 0.6) is 0 Å². The summed E-state index contributed by atoms with van der Waals surface area (Å²) in [6.07, 6.45) is 0.357. The molecule has 0 spiro atoms. The van der Waals surface area contributed by atoms with Crippen LogP contribution in [0.4, 0.5) is 0 Å². The van der Waals surface area contributed by atoms with Crippen LogP contribution >= 0.6 is 11.8 Å². The quantitative estimate of drug-likeness (QED) is 0.629. The van der Waals surface area contributed by atoms with Crippen LogP contribution in [0, 0.1) is 5.92 Å². The van der Waals surface area contributed by atoms with Crippen molar-refractivity contribution in [1.82, 2.24) is 0 Å². The van der Waals surface area contributed by atoms with Gasteiger partial charge in [-0.3, -0.25) is 4.79 Å². The molecule has 2 heterocycles. The van der Waals surface area contributed by atoms with Crippen LogP contribution in [0.3, 0.4) is 0 Å². The third-order valence-electron chi connectivity index (χ3n) is 4.84. The largest absolute Gasteiger partial charge is 0.461 e. The third kappa shape index (κ3) is 2.62. The zero-order valence-electron chi connectivity index (χ0n) is 12.7. The third-order valence-corrected chi connectivity index (χ3v) is 6.76. The van der Waals surface area contributed by atoms with Gasteiger partial charge in [0, 0.05) is 22.4 Å². The molecular weight excluding hydrogens is 283 g/mol. The number of benzene rings is 1. The fourth-order valence-electron chi connectivity index (χ4n) is 3.61. The van der Waals surface area contributed by atoms with Crippen LogP contribution in [0.15, 0.2) is 30.3 Å². The summed E-state index contributed by atoms with van der Waals surface area (Å²) in [6.45, 7) is 4.71. The molecule has 1 aromatic carbocycles. The summed E-state index contributed by atoms with van der Waals surface area (Å²) in [4.78, 5) is 12.2. The first-order chi connectivity index (χ1) is 10.0. The molecule has 0 radical (unpaired) electrons. The van der Waals surface area contributed by atoms with Gasteiger partial charge in [0.2, 0.25) is 0 Å². The van der Waals surface area contributed by atoms with E-state index in [1.807, 2.05) is 42.1 Å². The van der Waals surface area contributed by atoms with E-state index in [0.717, 1.165) is 5.56 Å². The van der Waals surface area contributed by atoms with Gasteiger partial charge in [-0.25, -0.2) is 0 Å². The van der Waals surface area contributed by atoms with E-state index in [9.17, 15) is 4.79 Å². The molecule has 5 atom stereocenters. The second-order valence-corrected chi connectivity index (χ2v) is 7.66. The number of fused-ring (bicyclic) bond motifs is 2. The summed E-state index contributed by atoms with van der Waals surface area (Å²) in [5.74, 6) is 0.240. The van der Waals surface area contributed by atoms with Crippen LogP contribution in [0.2, 0.25) is 0 Å². The molecule has 0 aliphatic carbocycles. The SMILES string of the molecule is B[C@@H]1O[C@]2(CC(=O)OCc3ccccc3)C(C)[C@@H]1S[C@@H]2C. The van der Waals surface area contributed by atoms with Crippen molar-refractivity contribution in [2.75, 3.05) is 0 Å². The zero-order valence-corrected chi connectivity index (χ0v) is 13.6. The summed E-state index contributed by atoms with van der Waals surface area (Å²) < 4.78 is 11.6. The highest BCUT2D eigenvalue weighted by atomic mass is 32.2. The number of ether oxygens (including phenoxy) is 2.